The molecule has 0 unspecified atom stereocenters. The minimum absolute atomic E-state index is 0.207. The number of nitrogens with one attached hydrogen (secondary N) is 1. The summed E-state index contributed by atoms with van der Waals surface area (Å²) in [5, 5.41) is 6.24. The highest BCUT2D eigenvalue weighted by Crippen LogP contribution is 2.25. The van der Waals surface area contributed by atoms with Crippen molar-refractivity contribution in [3.8, 4) is 10.6 Å². The Morgan fingerprint density at radius 2 is 2.00 bits per heavy atom. The van der Waals surface area contributed by atoms with Gasteiger partial charge in [0.2, 0.25) is 5.91 Å². The number of rotatable bonds is 5. The minimum Gasteiger partial charge on any atom is -0.342 e. The predicted octanol–water partition coefficient (Wildman–Crippen LogP) is 3.12. The fraction of sp³-hybridized carbons (Fsp3) is 0.474. The standard InChI is InChI=1S/C19H25N3OS/c1-14-3-5-16(6-4-14)19-21-17(13-24-19)11-18(23)22-9-7-15(8-10-22)12-20-2/h3-6,13,15,20H,7-12H2,1-2H3. The first-order valence-corrected chi connectivity index (χ1v) is 9.47. The van der Waals surface area contributed by atoms with Crippen LogP contribution in [0.5, 0.6) is 0 Å². The fourth-order valence-corrected chi connectivity index (χ4v) is 3.98. The number of hydrogen-bond acceptors (Lipinski definition) is 4. The van der Waals surface area contributed by atoms with Crippen LogP contribution in [0, 0.1) is 12.8 Å². The first kappa shape index (κ1) is 17.1. The van der Waals surface area contributed by atoms with Crippen LogP contribution in [0.15, 0.2) is 29.6 Å². The van der Waals surface area contributed by atoms with Crippen molar-refractivity contribution in [2.75, 3.05) is 26.7 Å². The topological polar surface area (TPSA) is 45.2 Å². The van der Waals surface area contributed by atoms with E-state index in [4.69, 9.17) is 0 Å². The van der Waals surface area contributed by atoms with Crippen molar-refractivity contribution >= 4 is 17.2 Å². The summed E-state index contributed by atoms with van der Waals surface area (Å²) < 4.78 is 0. The van der Waals surface area contributed by atoms with Gasteiger partial charge in [0.1, 0.15) is 5.01 Å². The third-order valence-corrected chi connectivity index (χ3v) is 5.58. The summed E-state index contributed by atoms with van der Waals surface area (Å²) in [6, 6.07) is 8.37. The van der Waals surface area contributed by atoms with Gasteiger partial charge in [-0.2, -0.15) is 0 Å². The summed E-state index contributed by atoms with van der Waals surface area (Å²) in [6.07, 6.45) is 2.61. The summed E-state index contributed by atoms with van der Waals surface area (Å²) in [5.74, 6) is 0.908. The molecule has 1 N–H and O–H groups in total. The molecule has 0 saturated carbocycles. The Bertz CT molecular complexity index is 672. The molecule has 0 bridgehead atoms. The molecule has 0 spiro atoms. The summed E-state index contributed by atoms with van der Waals surface area (Å²) >= 11 is 1.61. The van der Waals surface area contributed by atoms with Crippen molar-refractivity contribution in [3.05, 3.63) is 40.9 Å². The van der Waals surface area contributed by atoms with Crippen LogP contribution < -0.4 is 5.32 Å². The number of piperidine rings is 1. The molecule has 1 aromatic heterocycles. The lowest BCUT2D eigenvalue weighted by molar-refractivity contribution is -0.131. The van der Waals surface area contributed by atoms with Gasteiger partial charge in [0, 0.05) is 24.0 Å². The van der Waals surface area contributed by atoms with E-state index in [9.17, 15) is 4.79 Å². The summed E-state index contributed by atoms with van der Waals surface area (Å²) in [4.78, 5) is 19.1. The Labute approximate surface area is 147 Å². The number of amides is 1. The van der Waals surface area contributed by atoms with E-state index in [0.717, 1.165) is 48.7 Å². The van der Waals surface area contributed by atoms with Crippen LogP contribution in [0.4, 0.5) is 0 Å². The summed E-state index contributed by atoms with van der Waals surface area (Å²) in [7, 11) is 1.99. The molecule has 1 amide bonds. The fourth-order valence-electron chi connectivity index (χ4n) is 3.16. The monoisotopic (exact) mass is 343 g/mol. The van der Waals surface area contributed by atoms with E-state index in [0.29, 0.717) is 12.3 Å². The van der Waals surface area contributed by atoms with Gasteiger partial charge in [-0.25, -0.2) is 4.98 Å². The van der Waals surface area contributed by atoms with E-state index in [-0.39, 0.29) is 5.91 Å². The van der Waals surface area contributed by atoms with Gasteiger partial charge in [-0.1, -0.05) is 29.8 Å². The van der Waals surface area contributed by atoms with Gasteiger partial charge in [0.25, 0.3) is 0 Å². The molecule has 24 heavy (non-hydrogen) atoms. The van der Waals surface area contributed by atoms with Crippen molar-refractivity contribution in [1.29, 1.82) is 0 Å². The zero-order chi connectivity index (χ0) is 16.9. The Balaban J connectivity index is 1.57. The predicted molar refractivity (Wildman–Crippen MR) is 99.2 cm³/mol. The van der Waals surface area contributed by atoms with Gasteiger partial charge in [-0.15, -0.1) is 11.3 Å². The molecule has 0 atom stereocenters. The highest BCUT2D eigenvalue weighted by molar-refractivity contribution is 7.13. The van der Waals surface area contributed by atoms with Gasteiger partial charge in [0.05, 0.1) is 12.1 Å². The number of carbonyl (C=O) groups is 1. The Kier molecular flexibility index (Phi) is 5.63. The van der Waals surface area contributed by atoms with Gasteiger partial charge in [-0.05, 0) is 39.3 Å². The average Bonchev–Trinajstić information content (AvgIpc) is 3.05. The smallest absolute Gasteiger partial charge is 0.228 e. The second-order valence-corrected chi connectivity index (χ2v) is 7.43. The molecule has 128 valence electrons. The van der Waals surface area contributed by atoms with Crippen LogP contribution in [0.3, 0.4) is 0 Å². The van der Waals surface area contributed by atoms with Crippen LogP contribution in [0.1, 0.15) is 24.1 Å². The van der Waals surface area contributed by atoms with Crippen LogP contribution in [-0.4, -0.2) is 42.5 Å². The second kappa shape index (κ2) is 7.90. The van der Waals surface area contributed by atoms with Gasteiger partial charge >= 0.3 is 0 Å². The average molecular weight is 343 g/mol. The maximum Gasteiger partial charge on any atom is 0.228 e. The first-order valence-electron chi connectivity index (χ1n) is 8.59. The zero-order valence-corrected chi connectivity index (χ0v) is 15.2. The lowest BCUT2D eigenvalue weighted by Crippen LogP contribution is -2.41. The maximum atomic E-state index is 12.5. The Morgan fingerprint density at radius 3 is 2.67 bits per heavy atom. The van der Waals surface area contributed by atoms with E-state index < -0.39 is 0 Å². The van der Waals surface area contributed by atoms with Crippen LogP contribution in [0.2, 0.25) is 0 Å². The molecule has 3 rings (SSSR count). The molecule has 0 radical (unpaired) electrons. The number of aromatic nitrogens is 1. The van der Waals surface area contributed by atoms with E-state index >= 15 is 0 Å². The quantitative estimate of drug-likeness (QED) is 0.907. The molecule has 1 saturated heterocycles. The summed E-state index contributed by atoms with van der Waals surface area (Å²) in [6.45, 7) is 4.88. The molecule has 5 heteroatoms. The van der Waals surface area contributed by atoms with Gasteiger partial charge in [0.15, 0.2) is 0 Å². The molecule has 4 nitrogen and oxygen atoms in total. The zero-order valence-electron chi connectivity index (χ0n) is 14.4. The van der Waals surface area contributed by atoms with E-state index in [1.54, 1.807) is 11.3 Å². The van der Waals surface area contributed by atoms with Gasteiger partial charge in [-0.3, -0.25) is 4.79 Å². The van der Waals surface area contributed by atoms with Crippen molar-refractivity contribution in [2.45, 2.75) is 26.2 Å². The SMILES string of the molecule is CNCC1CCN(C(=O)Cc2csc(-c3ccc(C)cc3)n2)CC1. The number of nitrogens with zero attached hydrogens (tertiary/aromatic N) is 2. The molecular weight excluding hydrogens is 318 g/mol. The number of aryl methyl sites for hydroxylation is 1. The van der Waals surface area contributed by atoms with Crippen LogP contribution in [0.25, 0.3) is 10.6 Å². The third-order valence-electron chi connectivity index (χ3n) is 4.64. The number of thiazole rings is 1. The lowest BCUT2D eigenvalue weighted by Gasteiger charge is -2.31. The van der Waals surface area contributed by atoms with E-state index in [1.165, 1.54) is 5.56 Å². The van der Waals surface area contributed by atoms with E-state index in [2.05, 4.69) is 41.5 Å². The number of benzene rings is 1. The molecule has 0 aliphatic carbocycles. The van der Waals surface area contributed by atoms with Crippen molar-refractivity contribution < 1.29 is 4.79 Å². The lowest BCUT2D eigenvalue weighted by atomic mass is 9.96. The van der Waals surface area contributed by atoms with Crippen LogP contribution >= 0.6 is 11.3 Å². The molecule has 1 aromatic carbocycles. The van der Waals surface area contributed by atoms with Crippen molar-refractivity contribution in [2.24, 2.45) is 5.92 Å². The largest absolute Gasteiger partial charge is 0.342 e. The number of likely N-dealkylation sites (tertiary alicyclic amines) is 1. The molecule has 2 heterocycles. The highest BCUT2D eigenvalue weighted by atomic mass is 32.1. The van der Waals surface area contributed by atoms with E-state index in [1.807, 2.05) is 17.3 Å². The van der Waals surface area contributed by atoms with Crippen LogP contribution in [-0.2, 0) is 11.2 Å². The normalized spacial score (nSPS) is 15.7. The number of carbonyl (C=O) groups excluding carboxylic acids is 1. The number of hydrogen-bond donors (Lipinski definition) is 1. The Morgan fingerprint density at radius 1 is 1.29 bits per heavy atom. The van der Waals surface area contributed by atoms with Gasteiger partial charge < -0.3 is 10.2 Å². The molecule has 1 fully saturated rings. The third kappa shape index (κ3) is 4.22. The molecule has 2 aromatic rings. The molecule has 1 aliphatic heterocycles. The summed E-state index contributed by atoms with van der Waals surface area (Å²) in [5.41, 5.74) is 3.25. The Hall–Kier alpha value is -1.72. The molecular formula is C19H25N3OS. The van der Waals surface area contributed by atoms with Crippen molar-refractivity contribution in [1.82, 2.24) is 15.2 Å². The highest BCUT2D eigenvalue weighted by Gasteiger charge is 2.23. The first-order chi connectivity index (χ1) is 11.7. The minimum atomic E-state index is 0.207. The van der Waals surface area contributed by atoms with Crippen molar-refractivity contribution in [3.63, 3.8) is 0 Å². The maximum absolute atomic E-state index is 12.5. The second-order valence-electron chi connectivity index (χ2n) is 6.57. The molecule has 1 aliphatic rings.